The summed E-state index contributed by atoms with van der Waals surface area (Å²) in [7, 11) is 0. The summed E-state index contributed by atoms with van der Waals surface area (Å²) in [5, 5.41) is 14.3. The van der Waals surface area contributed by atoms with Gasteiger partial charge in [-0.15, -0.1) is 0 Å². The highest BCUT2D eigenvalue weighted by molar-refractivity contribution is 5.91. The first-order valence-electron chi connectivity index (χ1n) is 7.18. The third-order valence-electron chi connectivity index (χ3n) is 3.20. The maximum Gasteiger partial charge on any atom is 0.319 e. The molecule has 1 aromatic rings. The number of nitrogens with one attached hydrogen (secondary N) is 2. The van der Waals surface area contributed by atoms with Gasteiger partial charge in [0.05, 0.1) is 24.9 Å². The van der Waals surface area contributed by atoms with Gasteiger partial charge in [0.25, 0.3) is 0 Å². The summed E-state index contributed by atoms with van der Waals surface area (Å²) >= 11 is 0. The maximum absolute atomic E-state index is 11.9. The minimum absolute atomic E-state index is 0.115. The fraction of sp³-hybridized carbons (Fsp3) is 0.533. The smallest absolute Gasteiger partial charge is 0.319 e. The number of carbonyl (C=O) groups excluding carboxylic acids is 1. The van der Waals surface area contributed by atoms with Crippen molar-refractivity contribution >= 4 is 11.7 Å². The van der Waals surface area contributed by atoms with E-state index >= 15 is 0 Å². The van der Waals surface area contributed by atoms with E-state index in [2.05, 4.69) is 10.6 Å². The Labute approximate surface area is 124 Å². The molecule has 0 spiro atoms. The molecular formula is C15H22N2O4. The number of hydrogen-bond donors (Lipinski definition) is 3. The van der Waals surface area contributed by atoms with Crippen molar-refractivity contribution in [2.75, 3.05) is 18.5 Å². The van der Waals surface area contributed by atoms with Crippen LogP contribution in [-0.2, 0) is 6.42 Å². The predicted molar refractivity (Wildman–Crippen MR) is 80.1 cm³/mol. The summed E-state index contributed by atoms with van der Waals surface area (Å²) in [6.45, 7) is 6.01. The molecule has 0 aromatic heterocycles. The van der Waals surface area contributed by atoms with Gasteiger partial charge in [0.1, 0.15) is 17.6 Å². The van der Waals surface area contributed by atoms with E-state index in [1.807, 2.05) is 19.9 Å². The van der Waals surface area contributed by atoms with E-state index in [4.69, 9.17) is 14.6 Å². The van der Waals surface area contributed by atoms with Crippen molar-refractivity contribution in [2.45, 2.75) is 39.3 Å². The fourth-order valence-electron chi connectivity index (χ4n) is 2.24. The molecule has 2 unspecified atom stereocenters. The summed E-state index contributed by atoms with van der Waals surface area (Å²) in [6.07, 6.45) is 0.969. The van der Waals surface area contributed by atoms with E-state index in [9.17, 15) is 4.79 Å². The maximum atomic E-state index is 11.9. The summed E-state index contributed by atoms with van der Waals surface area (Å²) in [6, 6.07) is 3.00. The van der Waals surface area contributed by atoms with Crippen molar-refractivity contribution in [1.29, 1.82) is 0 Å². The van der Waals surface area contributed by atoms with Gasteiger partial charge < -0.3 is 25.2 Å². The lowest BCUT2D eigenvalue weighted by molar-refractivity contribution is 0.229. The molecule has 6 nitrogen and oxygen atoms in total. The Morgan fingerprint density at radius 3 is 3.00 bits per heavy atom. The zero-order valence-electron chi connectivity index (χ0n) is 12.6. The zero-order valence-corrected chi connectivity index (χ0v) is 12.6. The molecule has 6 heteroatoms. The summed E-state index contributed by atoms with van der Waals surface area (Å²) in [4.78, 5) is 11.9. The van der Waals surface area contributed by atoms with Gasteiger partial charge in [0.15, 0.2) is 0 Å². The number of aliphatic hydroxyl groups is 1. The van der Waals surface area contributed by atoms with Crippen molar-refractivity contribution in [3.63, 3.8) is 0 Å². The lowest BCUT2D eigenvalue weighted by Gasteiger charge is -2.16. The van der Waals surface area contributed by atoms with Crippen molar-refractivity contribution in [3.8, 4) is 11.5 Å². The van der Waals surface area contributed by atoms with Crippen LogP contribution < -0.4 is 20.1 Å². The Kier molecular flexibility index (Phi) is 4.90. The average molecular weight is 294 g/mol. The number of aliphatic hydroxyl groups excluding tert-OH is 1. The van der Waals surface area contributed by atoms with Crippen LogP contribution >= 0.6 is 0 Å². The van der Waals surface area contributed by atoms with Crippen LogP contribution in [0.4, 0.5) is 10.5 Å². The van der Waals surface area contributed by atoms with Crippen LogP contribution in [0.15, 0.2) is 12.1 Å². The van der Waals surface area contributed by atoms with Crippen LogP contribution in [0.5, 0.6) is 11.5 Å². The molecule has 3 N–H and O–H groups in total. The predicted octanol–water partition coefficient (Wildman–Crippen LogP) is 1.91. The summed E-state index contributed by atoms with van der Waals surface area (Å²) < 4.78 is 11.3. The number of anilines is 1. The minimum Gasteiger partial charge on any atom is -0.492 e. The standard InChI is InChI=1S/C15H22N2O4/c1-4-20-14-6-11-5-10(3)21-13(11)7-12(14)17-15(19)16-9(2)8-18/h6-7,9-10,18H,4-5,8H2,1-3H3,(H2,16,17,19). The van der Waals surface area contributed by atoms with Gasteiger partial charge in [-0.2, -0.15) is 0 Å². The van der Waals surface area contributed by atoms with Gasteiger partial charge in [-0.05, 0) is 26.8 Å². The molecule has 0 saturated carbocycles. The van der Waals surface area contributed by atoms with Crippen LogP contribution in [0.25, 0.3) is 0 Å². The monoisotopic (exact) mass is 294 g/mol. The number of fused-ring (bicyclic) bond motifs is 1. The van der Waals surface area contributed by atoms with E-state index in [1.165, 1.54) is 0 Å². The van der Waals surface area contributed by atoms with Gasteiger partial charge in [0, 0.05) is 18.1 Å². The van der Waals surface area contributed by atoms with Crippen LogP contribution in [0.3, 0.4) is 0 Å². The molecule has 0 radical (unpaired) electrons. The molecule has 21 heavy (non-hydrogen) atoms. The van der Waals surface area contributed by atoms with Crippen molar-refractivity contribution in [3.05, 3.63) is 17.7 Å². The Morgan fingerprint density at radius 2 is 2.33 bits per heavy atom. The molecule has 2 rings (SSSR count). The van der Waals surface area contributed by atoms with E-state index in [-0.39, 0.29) is 24.8 Å². The molecule has 1 heterocycles. The fourth-order valence-corrected chi connectivity index (χ4v) is 2.24. The Bertz CT molecular complexity index is 519. The first-order valence-corrected chi connectivity index (χ1v) is 7.18. The molecule has 1 aromatic carbocycles. The van der Waals surface area contributed by atoms with E-state index < -0.39 is 0 Å². The molecule has 0 aliphatic carbocycles. The lowest BCUT2D eigenvalue weighted by atomic mass is 10.1. The molecule has 2 amide bonds. The number of amides is 2. The van der Waals surface area contributed by atoms with Crippen molar-refractivity contribution in [1.82, 2.24) is 5.32 Å². The van der Waals surface area contributed by atoms with Crippen LogP contribution in [-0.4, -0.2) is 36.5 Å². The van der Waals surface area contributed by atoms with Crippen LogP contribution in [0.1, 0.15) is 26.3 Å². The Hall–Kier alpha value is -1.95. The third kappa shape index (κ3) is 3.78. The molecule has 1 aliphatic rings. The topological polar surface area (TPSA) is 79.8 Å². The molecule has 0 fully saturated rings. The van der Waals surface area contributed by atoms with Crippen molar-refractivity contribution < 1.29 is 19.4 Å². The quantitative estimate of drug-likeness (QED) is 0.775. The Morgan fingerprint density at radius 1 is 1.57 bits per heavy atom. The molecule has 2 atom stereocenters. The number of rotatable bonds is 5. The van der Waals surface area contributed by atoms with Gasteiger partial charge in [-0.25, -0.2) is 4.79 Å². The van der Waals surface area contributed by atoms with E-state index in [0.29, 0.717) is 18.0 Å². The summed E-state index contributed by atoms with van der Waals surface area (Å²) in [5.74, 6) is 1.40. The number of urea groups is 1. The number of hydrogen-bond acceptors (Lipinski definition) is 4. The lowest BCUT2D eigenvalue weighted by Crippen LogP contribution is -2.38. The number of benzene rings is 1. The van der Waals surface area contributed by atoms with Gasteiger partial charge in [-0.3, -0.25) is 0 Å². The number of carbonyl (C=O) groups is 1. The largest absolute Gasteiger partial charge is 0.492 e. The third-order valence-corrected chi connectivity index (χ3v) is 3.20. The van der Waals surface area contributed by atoms with Gasteiger partial charge >= 0.3 is 6.03 Å². The molecule has 0 bridgehead atoms. The van der Waals surface area contributed by atoms with Crippen LogP contribution in [0.2, 0.25) is 0 Å². The minimum atomic E-state index is -0.386. The normalized spacial score (nSPS) is 17.6. The molecule has 0 saturated heterocycles. The highest BCUT2D eigenvalue weighted by Crippen LogP contribution is 2.37. The zero-order chi connectivity index (χ0) is 15.4. The van der Waals surface area contributed by atoms with Crippen molar-refractivity contribution in [2.24, 2.45) is 0 Å². The second kappa shape index (κ2) is 6.67. The second-order valence-electron chi connectivity index (χ2n) is 5.20. The van der Waals surface area contributed by atoms with Gasteiger partial charge in [-0.1, -0.05) is 0 Å². The SMILES string of the molecule is CCOc1cc2c(cc1NC(=O)NC(C)CO)OC(C)C2. The molecule has 1 aliphatic heterocycles. The van der Waals surface area contributed by atoms with E-state index in [1.54, 1.807) is 13.0 Å². The Balaban J connectivity index is 2.17. The average Bonchev–Trinajstić information content (AvgIpc) is 2.78. The number of ether oxygens (including phenoxy) is 2. The highest BCUT2D eigenvalue weighted by Gasteiger charge is 2.22. The first-order chi connectivity index (χ1) is 10.0. The second-order valence-corrected chi connectivity index (χ2v) is 5.20. The molecular weight excluding hydrogens is 272 g/mol. The summed E-state index contributed by atoms with van der Waals surface area (Å²) in [5.41, 5.74) is 1.65. The highest BCUT2D eigenvalue weighted by atomic mass is 16.5. The van der Waals surface area contributed by atoms with Crippen LogP contribution in [0, 0.1) is 0 Å². The van der Waals surface area contributed by atoms with E-state index in [0.717, 1.165) is 17.7 Å². The first kappa shape index (κ1) is 15.4. The molecule has 116 valence electrons. The van der Waals surface area contributed by atoms with Gasteiger partial charge in [0.2, 0.25) is 0 Å².